The van der Waals surface area contributed by atoms with E-state index in [1.165, 1.54) is 30.6 Å². The Bertz CT molecular complexity index is 684. The van der Waals surface area contributed by atoms with E-state index in [-0.39, 0.29) is 22.2 Å². The van der Waals surface area contributed by atoms with Gasteiger partial charge in [-0.25, -0.2) is 5.10 Å². The monoisotopic (exact) mass is 280 g/mol. The van der Waals surface area contributed by atoms with E-state index in [0.29, 0.717) is 5.56 Å². The number of nitrogens with zero attached hydrogens (tertiary/aromatic N) is 2. The predicted octanol–water partition coefficient (Wildman–Crippen LogP) is 1.28. The highest BCUT2D eigenvalue weighted by atomic mass is 35.5. The fourth-order valence-electron chi connectivity index (χ4n) is 1.27. The van der Waals surface area contributed by atoms with Gasteiger partial charge in [0.15, 0.2) is 0 Å². The summed E-state index contributed by atoms with van der Waals surface area (Å²) in [6.07, 6.45) is 2.62. The molecule has 0 aliphatic carbocycles. The standard InChI is InChI=1S/C11H9ClN4O3/c12-10-8(5-14-16-11(10)19)15-13-4-6-1-2-7(17)3-9(6)18/h1-5,17-18H,(H2,15,16,19)/b13-4+. The molecule has 2 rings (SSSR count). The third-order valence-corrected chi connectivity index (χ3v) is 2.57. The van der Waals surface area contributed by atoms with Crippen LogP contribution in [-0.2, 0) is 0 Å². The SMILES string of the molecule is O=c1[nH]ncc(N/N=C/c2ccc(O)cc2O)c1Cl. The highest BCUT2D eigenvalue weighted by Crippen LogP contribution is 2.21. The van der Waals surface area contributed by atoms with Crippen LogP contribution < -0.4 is 11.0 Å². The molecule has 2 aromatic rings. The van der Waals surface area contributed by atoms with Crippen LogP contribution in [0.1, 0.15) is 5.56 Å². The summed E-state index contributed by atoms with van der Waals surface area (Å²) in [5, 5.41) is 28.1. The normalized spacial score (nSPS) is 10.8. The van der Waals surface area contributed by atoms with Crippen molar-refractivity contribution < 1.29 is 10.2 Å². The van der Waals surface area contributed by atoms with Gasteiger partial charge in [-0.2, -0.15) is 10.2 Å². The second kappa shape index (κ2) is 5.40. The molecule has 1 heterocycles. The van der Waals surface area contributed by atoms with Gasteiger partial charge in [0.2, 0.25) is 0 Å². The second-order valence-electron chi connectivity index (χ2n) is 3.54. The first-order chi connectivity index (χ1) is 9.08. The summed E-state index contributed by atoms with van der Waals surface area (Å²) in [5.74, 6) is -0.176. The zero-order valence-corrected chi connectivity index (χ0v) is 10.2. The molecule has 0 spiro atoms. The van der Waals surface area contributed by atoms with Crippen LogP contribution >= 0.6 is 11.6 Å². The van der Waals surface area contributed by atoms with Gasteiger partial charge < -0.3 is 10.2 Å². The van der Waals surface area contributed by atoms with Crippen molar-refractivity contribution in [1.82, 2.24) is 10.2 Å². The summed E-state index contributed by atoms with van der Waals surface area (Å²) in [6, 6.07) is 4.07. The Kier molecular flexibility index (Phi) is 3.67. The second-order valence-corrected chi connectivity index (χ2v) is 3.92. The minimum Gasteiger partial charge on any atom is -0.508 e. The van der Waals surface area contributed by atoms with Gasteiger partial charge in [0.25, 0.3) is 5.56 Å². The lowest BCUT2D eigenvalue weighted by molar-refractivity contribution is 0.450. The van der Waals surface area contributed by atoms with Crippen molar-refractivity contribution in [2.75, 3.05) is 5.43 Å². The predicted molar refractivity (Wildman–Crippen MR) is 70.9 cm³/mol. The molecule has 0 bridgehead atoms. The Balaban J connectivity index is 2.16. The summed E-state index contributed by atoms with van der Waals surface area (Å²) in [6.45, 7) is 0. The van der Waals surface area contributed by atoms with Crippen molar-refractivity contribution in [3.8, 4) is 11.5 Å². The molecule has 0 saturated heterocycles. The molecule has 1 aromatic carbocycles. The van der Waals surface area contributed by atoms with Crippen molar-refractivity contribution in [3.05, 3.63) is 45.3 Å². The lowest BCUT2D eigenvalue weighted by atomic mass is 10.2. The first kappa shape index (κ1) is 12.9. The smallest absolute Gasteiger partial charge is 0.285 e. The number of anilines is 1. The van der Waals surface area contributed by atoms with Crippen molar-refractivity contribution in [3.63, 3.8) is 0 Å². The average Bonchev–Trinajstić information content (AvgIpc) is 2.37. The van der Waals surface area contributed by atoms with Crippen LogP contribution in [0.2, 0.25) is 5.02 Å². The zero-order valence-electron chi connectivity index (χ0n) is 9.46. The van der Waals surface area contributed by atoms with Crippen LogP contribution in [0, 0.1) is 0 Å². The molecule has 0 amide bonds. The number of H-pyrrole nitrogens is 1. The molecule has 0 aliphatic heterocycles. The average molecular weight is 281 g/mol. The third kappa shape index (κ3) is 3.02. The Morgan fingerprint density at radius 1 is 1.42 bits per heavy atom. The van der Waals surface area contributed by atoms with Crippen LogP contribution in [0.4, 0.5) is 5.69 Å². The Labute approximate surface area is 112 Å². The molecule has 0 aliphatic rings. The number of phenolic OH excluding ortho intramolecular Hbond substituents is 2. The van der Waals surface area contributed by atoms with Gasteiger partial charge in [-0.3, -0.25) is 10.2 Å². The lowest BCUT2D eigenvalue weighted by Crippen LogP contribution is -2.10. The van der Waals surface area contributed by atoms with Gasteiger partial charge in [-0.15, -0.1) is 0 Å². The van der Waals surface area contributed by atoms with E-state index in [2.05, 4.69) is 20.7 Å². The maximum absolute atomic E-state index is 11.2. The summed E-state index contributed by atoms with van der Waals surface area (Å²) in [4.78, 5) is 11.2. The number of halogens is 1. The molecule has 7 nitrogen and oxygen atoms in total. The third-order valence-electron chi connectivity index (χ3n) is 2.20. The van der Waals surface area contributed by atoms with Gasteiger partial charge in [-0.05, 0) is 12.1 Å². The highest BCUT2D eigenvalue weighted by molar-refractivity contribution is 6.32. The fourth-order valence-corrected chi connectivity index (χ4v) is 1.41. The number of nitrogens with one attached hydrogen (secondary N) is 2. The highest BCUT2D eigenvalue weighted by Gasteiger charge is 2.03. The quantitative estimate of drug-likeness (QED) is 0.500. The molecule has 0 radical (unpaired) electrons. The van der Waals surface area contributed by atoms with E-state index in [1.807, 2.05) is 0 Å². The van der Waals surface area contributed by atoms with E-state index < -0.39 is 5.56 Å². The largest absolute Gasteiger partial charge is 0.508 e. The lowest BCUT2D eigenvalue weighted by Gasteiger charge is -2.01. The van der Waals surface area contributed by atoms with Crippen LogP contribution in [-0.4, -0.2) is 26.6 Å². The molecule has 0 unspecified atom stereocenters. The van der Waals surface area contributed by atoms with Crippen molar-refractivity contribution in [2.24, 2.45) is 5.10 Å². The number of benzene rings is 1. The molecular formula is C11H9ClN4O3. The summed E-state index contributed by atoms with van der Waals surface area (Å²) < 4.78 is 0. The zero-order chi connectivity index (χ0) is 13.8. The van der Waals surface area contributed by atoms with Crippen LogP contribution in [0.25, 0.3) is 0 Å². The van der Waals surface area contributed by atoms with Crippen LogP contribution in [0.3, 0.4) is 0 Å². The first-order valence-electron chi connectivity index (χ1n) is 5.12. The summed E-state index contributed by atoms with van der Waals surface area (Å²) in [5.41, 5.74) is 2.62. The van der Waals surface area contributed by atoms with Gasteiger partial charge >= 0.3 is 0 Å². The van der Waals surface area contributed by atoms with E-state index >= 15 is 0 Å². The van der Waals surface area contributed by atoms with Gasteiger partial charge in [-0.1, -0.05) is 11.6 Å². The summed E-state index contributed by atoms with van der Waals surface area (Å²) >= 11 is 5.72. The van der Waals surface area contributed by atoms with E-state index in [0.717, 1.165) is 0 Å². The van der Waals surface area contributed by atoms with Gasteiger partial charge in [0, 0.05) is 11.6 Å². The topological polar surface area (TPSA) is 111 Å². The molecule has 0 atom stereocenters. The number of hydrogen-bond acceptors (Lipinski definition) is 6. The van der Waals surface area contributed by atoms with Crippen molar-refractivity contribution >= 4 is 23.5 Å². The van der Waals surface area contributed by atoms with Crippen molar-refractivity contribution in [2.45, 2.75) is 0 Å². The minimum absolute atomic E-state index is 0.0514. The molecule has 0 fully saturated rings. The summed E-state index contributed by atoms with van der Waals surface area (Å²) in [7, 11) is 0. The molecule has 8 heteroatoms. The number of hydrogen-bond donors (Lipinski definition) is 4. The molecule has 0 saturated carbocycles. The molecule has 98 valence electrons. The number of phenols is 2. The number of hydrazone groups is 1. The van der Waals surface area contributed by atoms with Gasteiger partial charge in [0.1, 0.15) is 22.2 Å². The van der Waals surface area contributed by atoms with E-state index in [1.54, 1.807) is 0 Å². The maximum Gasteiger partial charge on any atom is 0.285 e. The van der Waals surface area contributed by atoms with Crippen LogP contribution in [0.5, 0.6) is 11.5 Å². The number of aromatic nitrogens is 2. The van der Waals surface area contributed by atoms with E-state index in [9.17, 15) is 9.90 Å². The minimum atomic E-state index is -0.533. The molecule has 1 aromatic heterocycles. The fraction of sp³-hybridized carbons (Fsp3) is 0. The van der Waals surface area contributed by atoms with Crippen molar-refractivity contribution in [1.29, 1.82) is 0 Å². The Morgan fingerprint density at radius 3 is 2.95 bits per heavy atom. The van der Waals surface area contributed by atoms with Gasteiger partial charge in [0.05, 0.1) is 12.4 Å². The Morgan fingerprint density at radius 2 is 2.21 bits per heavy atom. The number of aromatic amines is 1. The first-order valence-corrected chi connectivity index (χ1v) is 5.50. The molecule has 19 heavy (non-hydrogen) atoms. The van der Waals surface area contributed by atoms with Crippen LogP contribution in [0.15, 0.2) is 34.3 Å². The Hall–Kier alpha value is -2.54. The number of aromatic hydroxyl groups is 2. The number of rotatable bonds is 3. The molecule has 4 N–H and O–H groups in total. The maximum atomic E-state index is 11.2. The van der Waals surface area contributed by atoms with E-state index in [4.69, 9.17) is 16.7 Å². The molecular weight excluding hydrogens is 272 g/mol.